The summed E-state index contributed by atoms with van der Waals surface area (Å²) in [5.74, 6) is 2.13. The van der Waals surface area contributed by atoms with Crippen molar-refractivity contribution < 1.29 is 19.4 Å². The Morgan fingerprint density at radius 1 is 1.00 bits per heavy atom. The zero-order chi connectivity index (χ0) is 29.7. The summed E-state index contributed by atoms with van der Waals surface area (Å²) in [6.07, 6.45) is 17.8. The largest absolute Gasteiger partial charge is 0.508 e. The van der Waals surface area contributed by atoms with Gasteiger partial charge in [-0.15, -0.1) is 0 Å². The molecular weight excluding hydrogens is 525 g/mol. The molecular formula is C37H58FNO3. The highest BCUT2D eigenvalue weighted by molar-refractivity contribution is 5.76. The Morgan fingerprint density at radius 2 is 1.76 bits per heavy atom. The van der Waals surface area contributed by atoms with Gasteiger partial charge in [0.2, 0.25) is 5.91 Å². The predicted octanol–water partition coefficient (Wildman–Crippen LogP) is 8.72. The van der Waals surface area contributed by atoms with E-state index >= 15 is 4.39 Å². The number of rotatable bonds is 13. The summed E-state index contributed by atoms with van der Waals surface area (Å²) in [6.45, 7) is 6.08. The topological polar surface area (TPSA) is 60.8 Å². The molecule has 3 unspecified atom stereocenters. The molecule has 3 fully saturated rings. The van der Waals surface area contributed by atoms with Crippen LogP contribution in [-0.4, -0.2) is 46.4 Å². The molecule has 0 saturated heterocycles. The molecule has 0 heterocycles. The Balaban J connectivity index is 1.22. The number of nitrogens with zero attached hydrogens (tertiary/aromatic N) is 1. The first-order chi connectivity index (χ1) is 20.3. The lowest BCUT2D eigenvalue weighted by atomic mass is 9.51. The minimum atomic E-state index is -0.963. The Kier molecular flexibility index (Phi) is 10.9. The smallest absolute Gasteiger partial charge is 0.222 e. The molecule has 1 aromatic carbocycles. The number of phenolic OH excluding ortho intramolecular Hbond substituents is 1. The van der Waals surface area contributed by atoms with Crippen LogP contribution in [-0.2, 0) is 11.2 Å². The first-order valence-electron chi connectivity index (χ1n) is 17.7. The van der Waals surface area contributed by atoms with Gasteiger partial charge >= 0.3 is 0 Å². The van der Waals surface area contributed by atoms with Gasteiger partial charge in [0.1, 0.15) is 11.9 Å². The van der Waals surface area contributed by atoms with Crippen molar-refractivity contribution in [1.82, 2.24) is 4.90 Å². The maximum absolute atomic E-state index is 16.1. The third-order valence-corrected chi connectivity index (χ3v) is 12.2. The van der Waals surface area contributed by atoms with Gasteiger partial charge in [-0.05, 0) is 104 Å². The van der Waals surface area contributed by atoms with Crippen molar-refractivity contribution in [2.75, 3.05) is 13.1 Å². The second-order valence-electron chi connectivity index (χ2n) is 14.9. The van der Waals surface area contributed by atoms with Gasteiger partial charge in [0.25, 0.3) is 0 Å². The van der Waals surface area contributed by atoms with Crippen molar-refractivity contribution in [1.29, 1.82) is 0 Å². The molecule has 0 radical (unpaired) electrons. The van der Waals surface area contributed by atoms with Crippen molar-refractivity contribution in [2.45, 2.75) is 148 Å². The number of carbonyl (C=O) groups is 1. The van der Waals surface area contributed by atoms with E-state index in [0.717, 1.165) is 81.5 Å². The monoisotopic (exact) mass is 583 g/mol. The highest BCUT2D eigenvalue weighted by Gasteiger charge is 2.59. The van der Waals surface area contributed by atoms with Gasteiger partial charge in [-0.25, -0.2) is 4.39 Å². The van der Waals surface area contributed by atoms with E-state index in [1.807, 2.05) is 12.1 Å². The van der Waals surface area contributed by atoms with Crippen LogP contribution in [0.25, 0.3) is 0 Å². The maximum Gasteiger partial charge on any atom is 0.222 e. The highest BCUT2D eigenvalue weighted by atomic mass is 19.1. The van der Waals surface area contributed by atoms with Crippen molar-refractivity contribution >= 4 is 5.91 Å². The molecule has 4 aliphatic rings. The molecule has 4 nitrogen and oxygen atoms in total. The minimum Gasteiger partial charge on any atom is -0.508 e. The molecule has 4 aliphatic carbocycles. The normalized spacial score (nSPS) is 32.7. The Hall–Kier alpha value is -1.62. The minimum absolute atomic E-state index is 0.140. The summed E-state index contributed by atoms with van der Waals surface area (Å²) in [7, 11) is 0. The number of unbranched alkanes of at least 4 members (excludes halogenated alkanes) is 4. The van der Waals surface area contributed by atoms with Gasteiger partial charge in [-0.2, -0.15) is 0 Å². The average molecular weight is 584 g/mol. The van der Waals surface area contributed by atoms with E-state index in [0.29, 0.717) is 30.6 Å². The molecule has 7 atom stereocenters. The van der Waals surface area contributed by atoms with Crippen LogP contribution < -0.4 is 0 Å². The lowest BCUT2D eigenvalue weighted by molar-refractivity contribution is -0.131. The van der Waals surface area contributed by atoms with Crippen molar-refractivity contribution in [3.63, 3.8) is 0 Å². The summed E-state index contributed by atoms with van der Waals surface area (Å²) < 4.78 is 16.1. The van der Waals surface area contributed by atoms with Crippen LogP contribution in [0.1, 0.15) is 140 Å². The quantitative estimate of drug-likeness (QED) is 0.228. The lowest BCUT2D eigenvalue weighted by Gasteiger charge is -2.54. The standard InChI is InChI=1S/C37H58FNO3/c1-3-4-5-10-21-39(34(42)20-15-26-12-7-6-8-13-26)22-11-9-14-27-23-28-24-29(40)16-17-30(28)36-32(38)25-37(2)31(35(27)36)18-19-33(37)41/h16-17,24,26-27,31-33,35-36,40-41H,3-15,18-23,25H2,1-2H3/t27-,31?,32+,33+,35?,36?,37+/m1/s1. The average Bonchev–Trinajstić information content (AvgIpc) is 3.28. The van der Waals surface area contributed by atoms with E-state index in [2.05, 4.69) is 18.7 Å². The molecule has 1 aromatic rings. The van der Waals surface area contributed by atoms with Crippen LogP contribution >= 0.6 is 0 Å². The van der Waals surface area contributed by atoms with E-state index in [4.69, 9.17) is 0 Å². The van der Waals surface area contributed by atoms with E-state index in [9.17, 15) is 15.0 Å². The molecule has 42 heavy (non-hydrogen) atoms. The second kappa shape index (κ2) is 14.4. The molecule has 236 valence electrons. The number of hydrogen-bond acceptors (Lipinski definition) is 3. The number of aliphatic hydroxyl groups is 1. The predicted molar refractivity (Wildman–Crippen MR) is 168 cm³/mol. The van der Waals surface area contributed by atoms with E-state index < -0.39 is 12.3 Å². The number of halogens is 1. The Labute approximate surface area is 254 Å². The number of fused-ring (bicyclic) bond motifs is 5. The van der Waals surface area contributed by atoms with Crippen LogP contribution in [0, 0.1) is 29.1 Å². The van der Waals surface area contributed by atoms with Gasteiger partial charge in [0.15, 0.2) is 0 Å². The van der Waals surface area contributed by atoms with Gasteiger partial charge in [-0.3, -0.25) is 4.79 Å². The Bertz CT molecular complexity index is 1020. The first kappa shape index (κ1) is 31.8. The first-order valence-corrected chi connectivity index (χ1v) is 17.7. The lowest BCUT2D eigenvalue weighted by Crippen LogP contribution is -2.51. The van der Waals surface area contributed by atoms with Crippen molar-refractivity contribution in [2.24, 2.45) is 29.1 Å². The molecule has 0 spiro atoms. The number of benzene rings is 1. The zero-order valence-corrected chi connectivity index (χ0v) is 26.5. The third-order valence-electron chi connectivity index (χ3n) is 12.2. The SMILES string of the molecule is CCCCCCN(CCCC[C@@H]1Cc2cc(O)ccc2C2C1C1CC[C@H](O)[C@@]1(C)C[C@@H]2F)C(=O)CCC1CCCCC1. The zero-order valence-electron chi connectivity index (χ0n) is 26.5. The Morgan fingerprint density at radius 3 is 2.52 bits per heavy atom. The van der Waals surface area contributed by atoms with Gasteiger partial charge < -0.3 is 15.1 Å². The van der Waals surface area contributed by atoms with Crippen LogP contribution in [0.15, 0.2) is 18.2 Å². The fourth-order valence-electron chi connectivity index (χ4n) is 9.79. The van der Waals surface area contributed by atoms with Crippen LogP contribution in [0.3, 0.4) is 0 Å². The summed E-state index contributed by atoms with van der Waals surface area (Å²) in [6, 6.07) is 5.56. The number of aliphatic hydroxyl groups excluding tert-OH is 1. The molecule has 2 N–H and O–H groups in total. The van der Waals surface area contributed by atoms with Crippen molar-refractivity contribution in [3.05, 3.63) is 29.3 Å². The van der Waals surface area contributed by atoms with Gasteiger partial charge in [0, 0.05) is 25.4 Å². The number of alkyl halides is 1. The molecule has 1 amide bonds. The fourth-order valence-corrected chi connectivity index (χ4v) is 9.79. The van der Waals surface area contributed by atoms with Crippen LogP contribution in [0.4, 0.5) is 4.39 Å². The second-order valence-corrected chi connectivity index (χ2v) is 14.9. The fraction of sp³-hybridized carbons (Fsp3) is 0.811. The summed E-state index contributed by atoms with van der Waals surface area (Å²) in [5.41, 5.74) is 1.86. The molecule has 0 aliphatic heterocycles. The van der Waals surface area contributed by atoms with Crippen LogP contribution in [0.5, 0.6) is 5.75 Å². The van der Waals surface area contributed by atoms with Crippen molar-refractivity contribution in [3.8, 4) is 5.75 Å². The summed E-state index contributed by atoms with van der Waals surface area (Å²) >= 11 is 0. The number of hydrogen-bond donors (Lipinski definition) is 2. The van der Waals surface area contributed by atoms with E-state index in [1.54, 1.807) is 6.07 Å². The number of amides is 1. The molecule has 3 saturated carbocycles. The van der Waals surface area contributed by atoms with Crippen LogP contribution in [0.2, 0.25) is 0 Å². The molecule has 0 aromatic heterocycles. The number of carbonyl (C=O) groups excluding carboxylic acids is 1. The third kappa shape index (κ3) is 7.02. The van der Waals surface area contributed by atoms with Gasteiger partial charge in [0.05, 0.1) is 6.10 Å². The summed E-state index contributed by atoms with van der Waals surface area (Å²) in [5, 5.41) is 21.2. The van der Waals surface area contributed by atoms with E-state index in [-0.39, 0.29) is 23.0 Å². The molecule has 5 heteroatoms. The molecule has 5 rings (SSSR count). The highest BCUT2D eigenvalue weighted by Crippen LogP contribution is 2.63. The number of phenols is 1. The summed E-state index contributed by atoms with van der Waals surface area (Å²) in [4.78, 5) is 15.5. The maximum atomic E-state index is 16.1. The number of aromatic hydroxyl groups is 1. The van der Waals surface area contributed by atoms with Gasteiger partial charge in [-0.1, -0.05) is 77.7 Å². The molecule has 0 bridgehead atoms. The van der Waals surface area contributed by atoms with E-state index in [1.165, 1.54) is 51.4 Å².